The average molecular weight is 325 g/mol. The van der Waals surface area contributed by atoms with E-state index in [1.54, 1.807) is 17.0 Å². The van der Waals surface area contributed by atoms with Crippen LogP contribution in [0.4, 0.5) is 10.5 Å². The Bertz CT molecular complexity index is 543. The molecule has 0 atom stereocenters. The summed E-state index contributed by atoms with van der Waals surface area (Å²) < 4.78 is 0.714. The van der Waals surface area contributed by atoms with E-state index in [9.17, 15) is 9.59 Å². The normalized spacial score (nSPS) is 14.3. The van der Waals surface area contributed by atoms with Crippen molar-refractivity contribution in [2.75, 3.05) is 18.4 Å². The second-order valence-corrected chi connectivity index (χ2v) is 5.05. The monoisotopic (exact) mass is 324 g/mol. The van der Waals surface area contributed by atoms with Crippen LogP contribution in [0, 0.1) is 0 Å². The third kappa shape index (κ3) is 3.35. The summed E-state index contributed by atoms with van der Waals surface area (Å²) in [5.74, 6) is -1.07. The molecule has 2 N–H and O–H groups in total. The zero-order chi connectivity index (χ0) is 13.8. The first kappa shape index (κ1) is 13.6. The number of carbonyl (C=O) groups is 2. The van der Waals surface area contributed by atoms with Gasteiger partial charge in [-0.1, -0.05) is 28.1 Å². The van der Waals surface area contributed by atoms with Crippen LogP contribution in [0.15, 0.2) is 34.8 Å². The molecule has 0 radical (unpaired) electrons. The van der Waals surface area contributed by atoms with Crippen LogP contribution < -0.4 is 5.32 Å². The summed E-state index contributed by atoms with van der Waals surface area (Å²) in [4.78, 5) is 24.8. The Morgan fingerprint density at radius 3 is 2.74 bits per heavy atom. The van der Waals surface area contributed by atoms with Crippen molar-refractivity contribution in [3.8, 4) is 0 Å². The van der Waals surface area contributed by atoms with Crippen LogP contribution >= 0.6 is 15.9 Å². The molecule has 1 aromatic carbocycles. The summed E-state index contributed by atoms with van der Waals surface area (Å²) >= 11 is 3.26. The second-order valence-electron chi connectivity index (χ2n) is 4.13. The maximum atomic E-state index is 12.0. The van der Waals surface area contributed by atoms with Gasteiger partial charge >= 0.3 is 12.0 Å². The van der Waals surface area contributed by atoms with Gasteiger partial charge in [0.05, 0.1) is 11.3 Å². The molecule has 0 bridgehead atoms. The largest absolute Gasteiger partial charge is 0.478 e. The van der Waals surface area contributed by atoms with E-state index in [2.05, 4.69) is 21.2 Å². The van der Waals surface area contributed by atoms with Gasteiger partial charge in [0, 0.05) is 17.6 Å². The molecule has 0 spiro atoms. The summed E-state index contributed by atoms with van der Waals surface area (Å²) in [7, 11) is 0. The Labute approximate surface area is 119 Å². The molecule has 100 valence electrons. The number of nitrogens with zero attached hydrogens (tertiary/aromatic N) is 1. The SMILES string of the molecule is O=C(O)c1ccc(Br)cc1NC(=O)N1CC=CCC1. The van der Waals surface area contributed by atoms with Crippen molar-refractivity contribution in [2.24, 2.45) is 0 Å². The van der Waals surface area contributed by atoms with Crippen molar-refractivity contribution in [1.82, 2.24) is 4.90 Å². The Kier molecular flexibility index (Phi) is 4.21. The fourth-order valence-corrected chi connectivity index (χ4v) is 2.19. The molecule has 1 aliphatic heterocycles. The maximum Gasteiger partial charge on any atom is 0.337 e. The number of rotatable bonds is 2. The van der Waals surface area contributed by atoms with E-state index < -0.39 is 5.97 Å². The molecule has 0 aliphatic carbocycles. The number of halogens is 1. The van der Waals surface area contributed by atoms with E-state index >= 15 is 0 Å². The van der Waals surface area contributed by atoms with Gasteiger partial charge in [0.2, 0.25) is 0 Å². The summed E-state index contributed by atoms with van der Waals surface area (Å²) in [6, 6.07) is 4.38. The number of carbonyl (C=O) groups excluding carboxylic acids is 1. The molecule has 0 fully saturated rings. The number of aromatic carboxylic acids is 1. The molecule has 1 heterocycles. The predicted octanol–water partition coefficient (Wildman–Crippen LogP) is 2.94. The topological polar surface area (TPSA) is 69.6 Å². The Morgan fingerprint density at radius 1 is 1.32 bits per heavy atom. The quantitative estimate of drug-likeness (QED) is 0.822. The minimum atomic E-state index is -1.07. The van der Waals surface area contributed by atoms with Gasteiger partial charge in [-0.05, 0) is 24.6 Å². The molecular weight excluding hydrogens is 312 g/mol. The minimum Gasteiger partial charge on any atom is -0.478 e. The standard InChI is InChI=1S/C13H13BrN2O3/c14-9-4-5-10(12(17)18)11(8-9)15-13(19)16-6-2-1-3-7-16/h1-2,4-5,8H,3,6-7H2,(H,15,19)(H,17,18). The van der Waals surface area contributed by atoms with Crippen molar-refractivity contribution >= 4 is 33.6 Å². The van der Waals surface area contributed by atoms with Gasteiger partial charge < -0.3 is 15.3 Å². The maximum absolute atomic E-state index is 12.0. The number of nitrogens with one attached hydrogen (secondary N) is 1. The van der Waals surface area contributed by atoms with Gasteiger partial charge in [-0.15, -0.1) is 0 Å². The van der Waals surface area contributed by atoms with Crippen LogP contribution in [-0.4, -0.2) is 35.1 Å². The summed E-state index contributed by atoms with van der Waals surface area (Å²) in [6.45, 7) is 1.18. The Hall–Kier alpha value is -1.82. The molecule has 2 rings (SSSR count). The van der Waals surface area contributed by atoms with Crippen molar-refractivity contribution in [2.45, 2.75) is 6.42 Å². The molecule has 0 aromatic heterocycles. The first-order valence-corrected chi connectivity index (χ1v) is 6.61. The average Bonchev–Trinajstić information content (AvgIpc) is 2.39. The molecule has 0 saturated carbocycles. The lowest BCUT2D eigenvalue weighted by Gasteiger charge is -2.24. The highest BCUT2D eigenvalue weighted by atomic mass is 79.9. The number of hydrogen-bond donors (Lipinski definition) is 2. The van der Waals surface area contributed by atoms with Gasteiger partial charge in [0.1, 0.15) is 0 Å². The van der Waals surface area contributed by atoms with E-state index in [1.807, 2.05) is 12.2 Å². The smallest absolute Gasteiger partial charge is 0.337 e. The van der Waals surface area contributed by atoms with Crippen molar-refractivity contribution in [1.29, 1.82) is 0 Å². The van der Waals surface area contributed by atoms with E-state index in [4.69, 9.17) is 5.11 Å². The third-order valence-corrected chi connectivity index (χ3v) is 3.29. The van der Waals surface area contributed by atoms with Crippen LogP contribution in [0.25, 0.3) is 0 Å². The summed E-state index contributed by atoms with van der Waals surface area (Å²) in [6.07, 6.45) is 4.76. The predicted molar refractivity (Wildman–Crippen MR) is 75.5 cm³/mol. The number of benzene rings is 1. The number of urea groups is 1. The first-order valence-electron chi connectivity index (χ1n) is 5.81. The summed E-state index contributed by atoms with van der Waals surface area (Å²) in [5, 5.41) is 11.7. The molecule has 1 aromatic rings. The lowest BCUT2D eigenvalue weighted by atomic mass is 10.2. The Balaban J connectivity index is 2.17. The zero-order valence-electron chi connectivity index (χ0n) is 10.1. The number of hydrogen-bond acceptors (Lipinski definition) is 2. The number of carboxylic acids is 1. The Morgan fingerprint density at radius 2 is 2.11 bits per heavy atom. The number of carboxylic acid groups (broad SMARTS) is 1. The third-order valence-electron chi connectivity index (χ3n) is 2.80. The summed E-state index contributed by atoms with van der Waals surface area (Å²) in [5.41, 5.74) is 0.366. The van der Waals surface area contributed by atoms with E-state index in [0.717, 1.165) is 6.42 Å². The minimum absolute atomic E-state index is 0.0732. The molecule has 19 heavy (non-hydrogen) atoms. The highest BCUT2D eigenvalue weighted by Crippen LogP contribution is 2.22. The zero-order valence-corrected chi connectivity index (χ0v) is 11.7. The van der Waals surface area contributed by atoms with Crippen LogP contribution in [-0.2, 0) is 0 Å². The van der Waals surface area contributed by atoms with Gasteiger partial charge in [0.15, 0.2) is 0 Å². The van der Waals surface area contributed by atoms with E-state index in [0.29, 0.717) is 23.2 Å². The lowest BCUT2D eigenvalue weighted by molar-refractivity contribution is 0.0698. The van der Waals surface area contributed by atoms with Crippen LogP contribution in [0.1, 0.15) is 16.8 Å². The van der Waals surface area contributed by atoms with Gasteiger partial charge in [-0.3, -0.25) is 0 Å². The van der Waals surface area contributed by atoms with Gasteiger partial charge in [-0.2, -0.15) is 0 Å². The van der Waals surface area contributed by atoms with Crippen molar-refractivity contribution in [3.05, 3.63) is 40.4 Å². The fourth-order valence-electron chi connectivity index (χ4n) is 1.83. The highest BCUT2D eigenvalue weighted by molar-refractivity contribution is 9.10. The number of anilines is 1. The lowest BCUT2D eigenvalue weighted by Crippen LogP contribution is -2.37. The molecule has 0 saturated heterocycles. The highest BCUT2D eigenvalue weighted by Gasteiger charge is 2.17. The second kappa shape index (κ2) is 5.88. The molecule has 2 amide bonds. The fraction of sp³-hybridized carbons (Fsp3) is 0.231. The van der Waals surface area contributed by atoms with Crippen molar-refractivity contribution < 1.29 is 14.7 Å². The molecule has 6 heteroatoms. The van der Waals surface area contributed by atoms with Gasteiger partial charge in [-0.25, -0.2) is 9.59 Å². The van der Waals surface area contributed by atoms with Crippen LogP contribution in [0.5, 0.6) is 0 Å². The van der Waals surface area contributed by atoms with E-state index in [-0.39, 0.29) is 11.6 Å². The molecular formula is C13H13BrN2O3. The molecule has 5 nitrogen and oxygen atoms in total. The first-order chi connectivity index (χ1) is 9.08. The number of amides is 2. The van der Waals surface area contributed by atoms with Crippen molar-refractivity contribution in [3.63, 3.8) is 0 Å². The molecule has 1 aliphatic rings. The van der Waals surface area contributed by atoms with E-state index in [1.165, 1.54) is 6.07 Å². The van der Waals surface area contributed by atoms with Crippen LogP contribution in [0.3, 0.4) is 0 Å². The van der Waals surface area contributed by atoms with Crippen LogP contribution in [0.2, 0.25) is 0 Å². The molecule has 0 unspecified atom stereocenters. The van der Waals surface area contributed by atoms with Gasteiger partial charge in [0.25, 0.3) is 0 Å².